The van der Waals surface area contributed by atoms with Crippen molar-refractivity contribution in [3.8, 4) is 0 Å². The van der Waals surface area contributed by atoms with Gasteiger partial charge in [0.1, 0.15) is 0 Å². The molecule has 1 heterocycles. The van der Waals surface area contributed by atoms with E-state index in [4.69, 9.17) is 4.74 Å². The molecule has 1 saturated heterocycles. The van der Waals surface area contributed by atoms with Gasteiger partial charge in [0, 0.05) is 30.4 Å². The lowest BCUT2D eigenvalue weighted by atomic mass is 10.0. The van der Waals surface area contributed by atoms with E-state index in [1.165, 1.54) is 6.42 Å². The Bertz CT molecular complexity index is 811. The van der Waals surface area contributed by atoms with Crippen molar-refractivity contribution in [2.24, 2.45) is 0 Å². The van der Waals surface area contributed by atoms with Crippen LogP contribution in [-0.2, 0) is 14.3 Å². The van der Waals surface area contributed by atoms with Gasteiger partial charge in [0.2, 0.25) is 5.91 Å². The Labute approximate surface area is 171 Å². The summed E-state index contributed by atoms with van der Waals surface area (Å²) >= 11 is 0. The number of anilines is 1. The summed E-state index contributed by atoms with van der Waals surface area (Å²) in [6.45, 7) is 0.475. The molecular weight excluding hydrogens is 368 g/mol. The van der Waals surface area contributed by atoms with Crippen LogP contribution in [0.5, 0.6) is 0 Å². The number of amides is 2. The minimum Gasteiger partial charge on any atom is -0.452 e. The number of benzene rings is 1. The van der Waals surface area contributed by atoms with Gasteiger partial charge in [-0.1, -0.05) is 6.08 Å². The molecule has 6 heteroatoms. The van der Waals surface area contributed by atoms with Crippen LogP contribution < -0.4 is 4.90 Å². The SMILES string of the molecule is O=C(OCC(=O)N(C1=CCCCC1)C1CC1)c1ccc(N2CCCCC2=O)cc1. The second kappa shape index (κ2) is 8.80. The smallest absolute Gasteiger partial charge is 0.338 e. The Morgan fingerprint density at radius 3 is 2.45 bits per heavy atom. The summed E-state index contributed by atoms with van der Waals surface area (Å²) in [5.74, 6) is -0.526. The van der Waals surface area contributed by atoms with Crippen LogP contribution in [0.1, 0.15) is 68.1 Å². The van der Waals surface area contributed by atoms with Gasteiger partial charge in [-0.15, -0.1) is 0 Å². The second-order valence-corrected chi connectivity index (χ2v) is 8.06. The molecule has 1 saturated carbocycles. The predicted octanol–water partition coefficient (Wildman–Crippen LogP) is 3.81. The van der Waals surface area contributed by atoms with Crippen molar-refractivity contribution in [3.63, 3.8) is 0 Å². The quantitative estimate of drug-likeness (QED) is 0.686. The number of hydrogen-bond acceptors (Lipinski definition) is 4. The highest BCUT2D eigenvalue weighted by molar-refractivity contribution is 5.95. The van der Waals surface area contributed by atoms with Gasteiger partial charge >= 0.3 is 5.97 Å². The van der Waals surface area contributed by atoms with Crippen LogP contribution in [-0.4, -0.2) is 41.9 Å². The van der Waals surface area contributed by atoms with Crippen molar-refractivity contribution in [3.05, 3.63) is 41.6 Å². The first kappa shape index (κ1) is 19.7. The molecule has 29 heavy (non-hydrogen) atoms. The van der Waals surface area contributed by atoms with Gasteiger partial charge in [-0.05, 0) is 75.6 Å². The third-order valence-corrected chi connectivity index (χ3v) is 5.82. The fraction of sp³-hybridized carbons (Fsp3) is 0.522. The summed E-state index contributed by atoms with van der Waals surface area (Å²) in [4.78, 5) is 40.8. The fourth-order valence-electron chi connectivity index (χ4n) is 4.11. The molecule has 4 rings (SSSR count). The molecule has 2 amide bonds. The van der Waals surface area contributed by atoms with Crippen LogP contribution in [0.15, 0.2) is 36.0 Å². The zero-order valence-electron chi connectivity index (χ0n) is 16.8. The van der Waals surface area contributed by atoms with E-state index < -0.39 is 5.97 Å². The largest absolute Gasteiger partial charge is 0.452 e. The summed E-state index contributed by atoms with van der Waals surface area (Å²) < 4.78 is 5.31. The number of hydrogen-bond donors (Lipinski definition) is 0. The van der Waals surface area contributed by atoms with Crippen molar-refractivity contribution in [1.29, 1.82) is 0 Å². The van der Waals surface area contributed by atoms with Crippen LogP contribution in [0.4, 0.5) is 5.69 Å². The van der Waals surface area contributed by atoms with Crippen LogP contribution in [0, 0.1) is 0 Å². The lowest BCUT2D eigenvalue weighted by Gasteiger charge is -2.27. The Morgan fingerprint density at radius 2 is 1.79 bits per heavy atom. The van der Waals surface area contributed by atoms with Crippen molar-refractivity contribution < 1.29 is 19.1 Å². The molecule has 0 unspecified atom stereocenters. The van der Waals surface area contributed by atoms with Gasteiger partial charge in [-0.2, -0.15) is 0 Å². The maximum absolute atomic E-state index is 12.7. The molecule has 6 nitrogen and oxygen atoms in total. The van der Waals surface area contributed by atoms with Crippen molar-refractivity contribution in [2.75, 3.05) is 18.1 Å². The first-order chi connectivity index (χ1) is 14.1. The summed E-state index contributed by atoms with van der Waals surface area (Å²) in [6.07, 6.45) is 10.9. The summed E-state index contributed by atoms with van der Waals surface area (Å²) in [7, 11) is 0. The van der Waals surface area contributed by atoms with E-state index in [9.17, 15) is 14.4 Å². The predicted molar refractivity (Wildman–Crippen MR) is 109 cm³/mol. The molecule has 0 radical (unpaired) electrons. The number of piperidine rings is 1. The molecule has 3 aliphatic rings. The molecule has 1 aliphatic heterocycles. The number of rotatable bonds is 6. The Hall–Kier alpha value is -2.63. The zero-order valence-corrected chi connectivity index (χ0v) is 16.8. The van der Waals surface area contributed by atoms with E-state index in [1.807, 2.05) is 4.90 Å². The highest BCUT2D eigenvalue weighted by Gasteiger charge is 2.35. The molecule has 2 fully saturated rings. The number of ether oxygens (including phenoxy) is 1. The Morgan fingerprint density at radius 1 is 1.03 bits per heavy atom. The fourth-order valence-corrected chi connectivity index (χ4v) is 4.11. The topological polar surface area (TPSA) is 66.9 Å². The summed E-state index contributed by atoms with van der Waals surface area (Å²) in [6, 6.07) is 7.13. The van der Waals surface area contributed by atoms with Crippen LogP contribution in [0.25, 0.3) is 0 Å². The maximum Gasteiger partial charge on any atom is 0.338 e. The summed E-state index contributed by atoms with van der Waals surface area (Å²) in [5, 5.41) is 0. The standard InChI is InChI=1S/C23H28N2O4/c26-21-8-4-5-15-24(21)18-11-9-17(10-12-18)23(28)29-16-22(27)25(20-13-14-20)19-6-2-1-3-7-19/h6,9-12,20H,1-5,7-8,13-16H2. The molecule has 154 valence electrons. The van der Waals surface area contributed by atoms with Gasteiger partial charge in [0.15, 0.2) is 6.61 Å². The molecule has 0 bridgehead atoms. The average molecular weight is 396 g/mol. The molecule has 0 spiro atoms. The van der Waals surface area contributed by atoms with E-state index >= 15 is 0 Å². The minimum atomic E-state index is -0.511. The first-order valence-electron chi connectivity index (χ1n) is 10.7. The van der Waals surface area contributed by atoms with E-state index in [0.717, 1.165) is 56.3 Å². The number of allylic oxidation sites excluding steroid dienone is 2. The highest BCUT2D eigenvalue weighted by atomic mass is 16.5. The molecular formula is C23H28N2O4. The van der Waals surface area contributed by atoms with E-state index in [2.05, 4.69) is 6.08 Å². The van der Waals surface area contributed by atoms with Crippen LogP contribution >= 0.6 is 0 Å². The van der Waals surface area contributed by atoms with Gasteiger partial charge < -0.3 is 14.5 Å². The van der Waals surface area contributed by atoms with Gasteiger partial charge in [0.05, 0.1) is 5.56 Å². The third kappa shape index (κ3) is 4.69. The Balaban J connectivity index is 1.34. The number of esters is 1. The van der Waals surface area contributed by atoms with Crippen molar-refractivity contribution in [2.45, 2.75) is 63.8 Å². The highest BCUT2D eigenvalue weighted by Crippen LogP contribution is 2.33. The van der Waals surface area contributed by atoms with Gasteiger partial charge in [-0.3, -0.25) is 9.59 Å². The van der Waals surface area contributed by atoms with E-state index in [-0.39, 0.29) is 24.5 Å². The average Bonchev–Trinajstić information content (AvgIpc) is 3.58. The van der Waals surface area contributed by atoms with Crippen LogP contribution in [0.3, 0.4) is 0 Å². The number of carbonyl (C=O) groups is 3. The second-order valence-electron chi connectivity index (χ2n) is 8.06. The molecule has 1 aromatic carbocycles. The third-order valence-electron chi connectivity index (χ3n) is 5.82. The monoisotopic (exact) mass is 396 g/mol. The van der Waals surface area contributed by atoms with Crippen molar-refractivity contribution in [1.82, 2.24) is 4.90 Å². The van der Waals surface area contributed by atoms with Gasteiger partial charge in [0.25, 0.3) is 5.91 Å². The normalized spacial score (nSPS) is 19.5. The summed E-state index contributed by atoms with van der Waals surface area (Å²) in [5.41, 5.74) is 2.28. The van der Waals surface area contributed by atoms with Crippen molar-refractivity contribution >= 4 is 23.5 Å². The van der Waals surface area contributed by atoms with E-state index in [1.54, 1.807) is 29.2 Å². The molecule has 0 N–H and O–H groups in total. The molecule has 2 aliphatic carbocycles. The first-order valence-corrected chi connectivity index (χ1v) is 10.7. The number of carbonyl (C=O) groups excluding carboxylic acids is 3. The van der Waals surface area contributed by atoms with Crippen LogP contribution in [0.2, 0.25) is 0 Å². The lowest BCUT2D eigenvalue weighted by Crippen LogP contribution is -2.36. The Kier molecular flexibility index (Phi) is 5.97. The van der Waals surface area contributed by atoms with E-state index in [0.29, 0.717) is 18.5 Å². The van der Waals surface area contributed by atoms with Gasteiger partial charge in [-0.25, -0.2) is 4.79 Å². The zero-order chi connectivity index (χ0) is 20.2. The maximum atomic E-state index is 12.7. The number of nitrogens with zero attached hydrogens (tertiary/aromatic N) is 2. The molecule has 1 aromatic rings. The molecule has 0 aromatic heterocycles. The minimum absolute atomic E-state index is 0.120. The molecule has 0 atom stereocenters. The lowest BCUT2D eigenvalue weighted by molar-refractivity contribution is -0.133.